The summed E-state index contributed by atoms with van der Waals surface area (Å²) in [4.78, 5) is 7.17. The van der Waals surface area contributed by atoms with E-state index in [1.807, 2.05) is 6.20 Å². The number of hydrogen-bond donors (Lipinski definition) is 2. The molecule has 0 bridgehead atoms. The van der Waals surface area contributed by atoms with Gasteiger partial charge in [0, 0.05) is 17.8 Å². The summed E-state index contributed by atoms with van der Waals surface area (Å²) in [6.45, 7) is 1.04. The minimum atomic E-state index is 1.04. The molecule has 0 spiro atoms. The lowest BCUT2D eigenvalue weighted by molar-refractivity contribution is 1.11. The van der Waals surface area contributed by atoms with Crippen LogP contribution in [0.25, 0.3) is 11.3 Å². The van der Waals surface area contributed by atoms with Gasteiger partial charge < -0.3 is 10.3 Å². The van der Waals surface area contributed by atoms with Gasteiger partial charge in [-0.2, -0.15) is 0 Å². The van der Waals surface area contributed by atoms with E-state index < -0.39 is 0 Å². The van der Waals surface area contributed by atoms with Crippen LogP contribution in [0.2, 0.25) is 0 Å². The van der Waals surface area contributed by atoms with Crippen molar-refractivity contribution in [1.82, 2.24) is 9.97 Å². The molecule has 0 saturated heterocycles. The lowest BCUT2D eigenvalue weighted by Gasteiger charge is -2.05. The van der Waals surface area contributed by atoms with Gasteiger partial charge in [-0.05, 0) is 12.0 Å². The van der Waals surface area contributed by atoms with Crippen molar-refractivity contribution in [2.75, 3.05) is 11.9 Å². The number of aromatic nitrogens is 2. The van der Waals surface area contributed by atoms with Gasteiger partial charge in [0.25, 0.3) is 0 Å². The van der Waals surface area contributed by atoms with E-state index in [4.69, 9.17) is 0 Å². The van der Waals surface area contributed by atoms with Crippen molar-refractivity contribution in [1.29, 1.82) is 0 Å². The molecular formula is C11H11N3. The van der Waals surface area contributed by atoms with E-state index in [2.05, 4.69) is 33.5 Å². The highest BCUT2D eigenvalue weighted by molar-refractivity contribution is 5.79. The molecule has 2 heterocycles. The van der Waals surface area contributed by atoms with E-state index in [1.165, 1.54) is 16.8 Å². The maximum Gasteiger partial charge on any atom is 0.0924 e. The molecule has 1 aromatic carbocycles. The zero-order valence-corrected chi connectivity index (χ0v) is 7.75. The molecule has 2 aromatic rings. The minimum absolute atomic E-state index is 1.04. The lowest BCUT2D eigenvalue weighted by atomic mass is 10.1. The summed E-state index contributed by atoms with van der Waals surface area (Å²) in [5.41, 5.74) is 4.96. The van der Waals surface area contributed by atoms with Crippen LogP contribution in [-0.4, -0.2) is 16.5 Å². The Kier molecular flexibility index (Phi) is 1.56. The molecule has 14 heavy (non-hydrogen) atoms. The summed E-state index contributed by atoms with van der Waals surface area (Å²) < 4.78 is 0. The summed E-state index contributed by atoms with van der Waals surface area (Å²) in [5, 5.41) is 3.41. The molecule has 0 fully saturated rings. The van der Waals surface area contributed by atoms with Crippen LogP contribution in [0, 0.1) is 0 Å². The van der Waals surface area contributed by atoms with Crippen LogP contribution >= 0.6 is 0 Å². The van der Waals surface area contributed by atoms with Gasteiger partial charge in [-0.25, -0.2) is 4.98 Å². The number of benzene rings is 1. The first kappa shape index (κ1) is 7.62. The van der Waals surface area contributed by atoms with Crippen molar-refractivity contribution in [3.63, 3.8) is 0 Å². The summed E-state index contributed by atoms with van der Waals surface area (Å²) in [6.07, 6.45) is 4.69. The Morgan fingerprint density at radius 3 is 3.14 bits per heavy atom. The second-order valence-electron chi connectivity index (χ2n) is 3.48. The fraction of sp³-hybridized carbons (Fsp3) is 0.182. The highest BCUT2D eigenvalue weighted by Gasteiger charge is 2.14. The molecule has 0 aliphatic carbocycles. The van der Waals surface area contributed by atoms with E-state index in [0.29, 0.717) is 0 Å². The average molecular weight is 185 g/mol. The Balaban J connectivity index is 2.20. The number of hydrogen-bond acceptors (Lipinski definition) is 2. The van der Waals surface area contributed by atoms with Crippen molar-refractivity contribution < 1.29 is 0 Å². The lowest BCUT2D eigenvalue weighted by Crippen LogP contribution is -1.93. The molecule has 3 rings (SSSR count). The summed E-state index contributed by atoms with van der Waals surface area (Å²) in [5.74, 6) is 0. The van der Waals surface area contributed by atoms with Crippen molar-refractivity contribution in [3.8, 4) is 11.3 Å². The van der Waals surface area contributed by atoms with Crippen LogP contribution in [0.1, 0.15) is 5.56 Å². The summed E-state index contributed by atoms with van der Waals surface area (Å²) in [7, 11) is 0. The Hall–Kier alpha value is -1.77. The average Bonchev–Trinajstić information content (AvgIpc) is 2.88. The topological polar surface area (TPSA) is 40.7 Å². The van der Waals surface area contributed by atoms with Gasteiger partial charge in [0.15, 0.2) is 0 Å². The zero-order chi connectivity index (χ0) is 9.38. The maximum absolute atomic E-state index is 4.04. The Bertz CT molecular complexity index is 446. The van der Waals surface area contributed by atoms with Gasteiger partial charge >= 0.3 is 0 Å². The van der Waals surface area contributed by atoms with Gasteiger partial charge in [0.2, 0.25) is 0 Å². The van der Waals surface area contributed by atoms with Crippen LogP contribution in [0.4, 0.5) is 5.69 Å². The monoisotopic (exact) mass is 185 g/mol. The predicted octanol–water partition coefficient (Wildman–Crippen LogP) is 2.04. The van der Waals surface area contributed by atoms with Crippen molar-refractivity contribution in [2.45, 2.75) is 6.42 Å². The molecule has 0 unspecified atom stereocenters. The standard InChI is InChI=1S/C11H11N3/c1-2-8-4-5-13-11(8)9(3-1)10-6-12-7-14-10/h1-3,6-7,13H,4-5H2,(H,12,14). The predicted molar refractivity (Wildman–Crippen MR) is 56.2 cm³/mol. The van der Waals surface area contributed by atoms with E-state index in [1.54, 1.807) is 6.33 Å². The number of aromatic amines is 1. The van der Waals surface area contributed by atoms with Gasteiger partial charge in [-0.15, -0.1) is 0 Å². The number of nitrogens with zero attached hydrogens (tertiary/aromatic N) is 1. The van der Waals surface area contributed by atoms with Crippen LogP contribution in [0.3, 0.4) is 0 Å². The third-order valence-corrected chi connectivity index (χ3v) is 2.64. The van der Waals surface area contributed by atoms with Gasteiger partial charge in [-0.1, -0.05) is 18.2 Å². The van der Waals surface area contributed by atoms with Crippen LogP contribution in [0.5, 0.6) is 0 Å². The minimum Gasteiger partial charge on any atom is -0.384 e. The van der Waals surface area contributed by atoms with E-state index in [-0.39, 0.29) is 0 Å². The Labute approximate surface area is 82.2 Å². The largest absolute Gasteiger partial charge is 0.384 e. The van der Waals surface area contributed by atoms with Crippen LogP contribution in [0.15, 0.2) is 30.7 Å². The Morgan fingerprint density at radius 2 is 2.29 bits per heavy atom. The summed E-state index contributed by atoms with van der Waals surface area (Å²) >= 11 is 0. The molecule has 0 atom stereocenters. The molecule has 1 aliphatic rings. The number of nitrogens with one attached hydrogen (secondary N) is 2. The zero-order valence-electron chi connectivity index (χ0n) is 7.75. The number of imidazole rings is 1. The molecule has 0 saturated carbocycles. The first-order valence-corrected chi connectivity index (χ1v) is 4.79. The summed E-state index contributed by atoms with van der Waals surface area (Å²) in [6, 6.07) is 6.39. The highest BCUT2D eigenvalue weighted by Crippen LogP contribution is 2.32. The quantitative estimate of drug-likeness (QED) is 0.713. The maximum atomic E-state index is 4.04. The molecule has 1 aromatic heterocycles. The van der Waals surface area contributed by atoms with Gasteiger partial charge in [0.05, 0.1) is 18.2 Å². The number of fused-ring (bicyclic) bond motifs is 1. The van der Waals surface area contributed by atoms with Crippen LogP contribution < -0.4 is 5.32 Å². The molecular weight excluding hydrogens is 174 g/mol. The molecule has 3 heteroatoms. The van der Waals surface area contributed by atoms with E-state index >= 15 is 0 Å². The van der Waals surface area contributed by atoms with E-state index in [9.17, 15) is 0 Å². The SMILES string of the molecule is c1cc2c(c(-c3cnc[nH]3)c1)NCC2. The Morgan fingerprint density at radius 1 is 1.29 bits per heavy atom. The molecule has 1 aliphatic heterocycles. The highest BCUT2D eigenvalue weighted by atomic mass is 14.9. The fourth-order valence-electron chi connectivity index (χ4n) is 1.97. The fourth-order valence-corrected chi connectivity index (χ4v) is 1.97. The molecule has 0 radical (unpaired) electrons. The van der Waals surface area contributed by atoms with Crippen molar-refractivity contribution >= 4 is 5.69 Å². The van der Waals surface area contributed by atoms with Crippen LogP contribution in [-0.2, 0) is 6.42 Å². The van der Waals surface area contributed by atoms with Crippen molar-refractivity contribution in [2.24, 2.45) is 0 Å². The molecule has 0 amide bonds. The van der Waals surface area contributed by atoms with E-state index in [0.717, 1.165) is 18.7 Å². The third-order valence-electron chi connectivity index (χ3n) is 2.64. The van der Waals surface area contributed by atoms with Crippen molar-refractivity contribution in [3.05, 3.63) is 36.3 Å². The number of para-hydroxylation sites is 1. The number of rotatable bonds is 1. The molecule has 70 valence electrons. The first-order chi connectivity index (χ1) is 6.95. The molecule has 2 N–H and O–H groups in total. The molecule has 3 nitrogen and oxygen atoms in total. The second kappa shape index (κ2) is 2.87. The normalized spacial score (nSPS) is 13.7. The van der Waals surface area contributed by atoms with Gasteiger partial charge in [-0.3, -0.25) is 0 Å². The number of anilines is 1. The first-order valence-electron chi connectivity index (χ1n) is 4.79. The second-order valence-corrected chi connectivity index (χ2v) is 3.48. The number of H-pyrrole nitrogens is 1. The smallest absolute Gasteiger partial charge is 0.0924 e. The van der Waals surface area contributed by atoms with Gasteiger partial charge in [0.1, 0.15) is 0 Å². The third kappa shape index (κ3) is 1.02.